The predicted molar refractivity (Wildman–Crippen MR) is 181 cm³/mol. The van der Waals surface area contributed by atoms with Gasteiger partial charge in [-0.25, -0.2) is 19.1 Å². The molecule has 3 N–H and O–H groups in total. The Labute approximate surface area is 297 Å². The average molecular weight is 715 g/mol. The lowest BCUT2D eigenvalue weighted by atomic mass is 9.92. The number of amides is 2. The summed E-state index contributed by atoms with van der Waals surface area (Å²) in [5.74, 6) is -2.06. The maximum absolute atomic E-state index is 13.6. The number of hydrogen-bond donors (Lipinski definition) is 3. The molecule has 2 aliphatic rings. The average Bonchev–Trinajstić information content (AvgIpc) is 3.78. The van der Waals surface area contributed by atoms with Gasteiger partial charge in [-0.2, -0.15) is 10.4 Å². The number of alkyl carbamates (subject to hydrolysis) is 1. The molecule has 16 nitrogen and oxygen atoms in total. The number of aromatic nitrogens is 3. The molecular formula is C35H50N6O10. The number of nitrogens with one attached hydrogen (secondary N) is 2. The summed E-state index contributed by atoms with van der Waals surface area (Å²) in [6.07, 6.45) is -0.243. The second kappa shape index (κ2) is 15.9. The lowest BCUT2D eigenvalue weighted by Crippen LogP contribution is -2.50. The van der Waals surface area contributed by atoms with E-state index in [1.807, 2.05) is 6.07 Å². The smallest absolute Gasteiger partial charge is 0.408 e. The Balaban J connectivity index is 1.66. The van der Waals surface area contributed by atoms with Gasteiger partial charge in [-0.1, -0.05) is 26.7 Å². The number of ether oxygens (including phenoxy) is 5. The molecule has 280 valence electrons. The Hall–Kier alpha value is -4.33. The van der Waals surface area contributed by atoms with Crippen molar-refractivity contribution >= 4 is 35.3 Å². The van der Waals surface area contributed by atoms with Gasteiger partial charge in [0, 0.05) is 13.0 Å². The molecule has 1 aliphatic heterocycles. The van der Waals surface area contributed by atoms with Gasteiger partial charge in [0.25, 0.3) is 5.91 Å². The Morgan fingerprint density at radius 3 is 2.45 bits per heavy atom. The van der Waals surface area contributed by atoms with Gasteiger partial charge in [0.15, 0.2) is 11.9 Å². The fraction of sp³-hybridized carbons (Fsp3) is 0.686. The molecular weight excluding hydrogens is 664 g/mol. The fourth-order valence-electron chi connectivity index (χ4n) is 6.26. The van der Waals surface area contributed by atoms with Gasteiger partial charge in [-0.15, -0.1) is 0 Å². The molecule has 51 heavy (non-hydrogen) atoms. The Kier molecular flexibility index (Phi) is 12.3. The van der Waals surface area contributed by atoms with Crippen LogP contribution in [0.1, 0.15) is 93.2 Å². The number of anilines is 1. The van der Waals surface area contributed by atoms with Gasteiger partial charge < -0.3 is 39.4 Å². The highest BCUT2D eigenvalue weighted by Gasteiger charge is 2.60. The van der Waals surface area contributed by atoms with Gasteiger partial charge in [0.1, 0.15) is 54.0 Å². The van der Waals surface area contributed by atoms with Crippen molar-refractivity contribution in [3.8, 4) is 6.07 Å². The monoisotopic (exact) mass is 714 g/mol. The predicted octanol–water partition coefficient (Wildman–Crippen LogP) is 3.55. The highest BCUT2D eigenvalue weighted by Crippen LogP contribution is 2.42. The lowest BCUT2D eigenvalue weighted by Gasteiger charge is -2.28. The van der Waals surface area contributed by atoms with Crippen LogP contribution in [0.15, 0.2) is 18.5 Å². The maximum atomic E-state index is 13.6. The first kappa shape index (κ1) is 39.5. The van der Waals surface area contributed by atoms with Crippen molar-refractivity contribution in [2.75, 3.05) is 18.5 Å². The molecule has 3 heterocycles. The summed E-state index contributed by atoms with van der Waals surface area (Å²) in [6.45, 7) is 13.2. The molecule has 0 bridgehead atoms. The van der Waals surface area contributed by atoms with Crippen LogP contribution in [0.4, 0.5) is 10.6 Å². The number of rotatable bonds is 13. The Bertz CT molecular complexity index is 1620. The Morgan fingerprint density at radius 2 is 1.84 bits per heavy atom. The molecule has 0 unspecified atom stereocenters. The summed E-state index contributed by atoms with van der Waals surface area (Å²) >= 11 is 0. The third kappa shape index (κ3) is 9.13. The van der Waals surface area contributed by atoms with Gasteiger partial charge >= 0.3 is 18.0 Å². The van der Waals surface area contributed by atoms with Crippen molar-refractivity contribution in [3.05, 3.63) is 24.2 Å². The molecule has 0 aromatic carbocycles. The van der Waals surface area contributed by atoms with E-state index in [4.69, 9.17) is 23.7 Å². The number of aliphatic hydroxyl groups is 1. The second-order valence-electron chi connectivity index (χ2n) is 14.8. The minimum absolute atomic E-state index is 0.0302. The van der Waals surface area contributed by atoms with Gasteiger partial charge in [0.2, 0.25) is 5.60 Å². The Morgan fingerprint density at radius 1 is 1.16 bits per heavy atom. The molecule has 1 saturated heterocycles. The normalized spacial score (nSPS) is 23.1. The van der Waals surface area contributed by atoms with E-state index in [1.54, 1.807) is 55.4 Å². The number of nitriles is 1. The minimum Gasteiger partial charge on any atom is -0.463 e. The lowest BCUT2D eigenvalue weighted by molar-refractivity contribution is -0.163. The van der Waals surface area contributed by atoms with E-state index >= 15 is 0 Å². The maximum Gasteiger partial charge on any atom is 0.408 e. The molecule has 1 saturated carbocycles. The van der Waals surface area contributed by atoms with Crippen LogP contribution in [0.3, 0.4) is 0 Å². The number of esters is 2. The standard InChI is InChI=1S/C35H50N6O10/c1-9-48-34(7,8)31(45)40-29-22-14-15-24(41(22)38-19-37-29)35(18-36)28(43)27(23(50-35)17-47-25(42)16-21-12-10-11-13-21)49-30(44)26(20(2)3)39-32(46)51-33(4,5)6/h14-15,19-21,23,26-28,43H,9-13,16-17H2,1-8H3,(H,39,46)(H,37,38,40,45)/t23-,26+,27-,28-,35+/m1/s1. The first-order valence-corrected chi connectivity index (χ1v) is 17.3. The quantitative estimate of drug-likeness (QED) is 0.200. The number of carbonyl (C=O) groups is 4. The van der Waals surface area contributed by atoms with Crippen molar-refractivity contribution in [1.82, 2.24) is 19.9 Å². The van der Waals surface area contributed by atoms with Crippen molar-refractivity contribution in [3.63, 3.8) is 0 Å². The summed E-state index contributed by atoms with van der Waals surface area (Å²) in [7, 11) is 0. The molecule has 0 radical (unpaired) electrons. The molecule has 4 rings (SSSR count). The SMILES string of the molecule is CCOC(C)(C)C(=O)Nc1ncnn2c([C@]3(C#N)O[C@H](COC(=O)CC4CCCC4)[C@@H](OC(=O)[C@@H](NC(=O)OC(C)(C)C)C(C)C)[C@H]3O)ccc12. The van der Waals surface area contributed by atoms with E-state index < -0.39 is 77.6 Å². The first-order chi connectivity index (χ1) is 23.9. The topological polar surface area (TPSA) is 213 Å². The zero-order valence-electron chi connectivity index (χ0n) is 30.6. The molecule has 0 spiro atoms. The number of carbonyl (C=O) groups excluding carboxylic acids is 4. The van der Waals surface area contributed by atoms with E-state index in [-0.39, 0.29) is 29.4 Å². The zero-order chi connectivity index (χ0) is 37.7. The molecule has 16 heteroatoms. The van der Waals surface area contributed by atoms with Crippen molar-refractivity contribution in [2.45, 2.75) is 129 Å². The van der Waals surface area contributed by atoms with E-state index in [0.717, 1.165) is 32.0 Å². The van der Waals surface area contributed by atoms with Crippen LogP contribution in [-0.2, 0) is 43.7 Å². The summed E-state index contributed by atoms with van der Waals surface area (Å²) in [5.41, 5.74) is -3.93. The van der Waals surface area contributed by atoms with Gasteiger partial charge in [-0.3, -0.25) is 9.59 Å². The molecule has 1 aliphatic carbocycles. The third-order valence-electron chi connectivity index (χ3n) is 8.90. The van der Waals surface area contributed by atoms with Crippen LogP contribution in [0.5, 0.6) is 0 Å². The van der Waals surface area contributed by atoms with Gasteiger partial charge in [0.05, 0.1) is 5.69 Å². The first-order valence-electron chi connectivity index (χ1n) is 17.3. The van der Waals surface area contributed by atoms with Crippen LogP contribution in [-0.4, -0.2) is 92.4 Å². The van der Waals surface area contributed by atoms with Crippen LogP contribution in [0.25, 0.3) is 5.52 Å². The minimum atomic E-state index is -2.20. The van der Waals surface area contributed by atoms with Crippen molar-refractivity contribution in [1.29, 1.82) is 5.26 Å². The second-order valence-corrected chi connectivity index (χ2v) is 14.8. The number of hydrogen-bond acceptors (Lipinski definition) is 13. The van der Waals surface area contributed by atoms with E-state index in [9.17, 15) is 29.5 Å². The van der Waals surface area contributed by atoms with Gasteiger partial charge in [-0.05, 0) is 78.4 Å². The summed E-state index contributed by atoms with van der Waals surface area (Å²) in [5, 5.41) is 32.0. The van der Waals surface area contributed by atoms with E-state index in [2.05, 4.69) is 20.7 Å². The zero-order valence-corrected chi connectivity index (χ0v) is 30.6. The van der Waals surface area contributed by atoms with Crippen LogP contribution in [0.2, 0.25) is 0 Å². The molecule has 2 fully saturated rings. The van der Waals surface area contributed by atoms with Crippen LogP contribution >= 0.6 is 0 Å². The highest BCUT2D eigenvalue weighted by atomic mass is 16.6. The number of fused-ring (bicyclic) bond motifs is 1. The highest BCUT2D eigenvalue weighted by molar-refractivity contribution is 5.98. The summed E-state index contributed by atoms with van der Waals surface area (Å²) < 4.78 is 29.8. The largest absolute Gasteiger partial charge is 0.463 e. The fourth-order valence-corrected chi connectivity index (χ4v) is 6.26. The van der Waals surface area contributed by atoms with Crippen LogP contribution < -0.4 is 10.6 Å². The van der Waals surface area contributed by atoms with Crippen molar-refractivity contribution < 1.29 is 48.0 Å². The van der Waals surface area contributed by atoms with E-state index in [0.29, 0.717) is 6.61 Å². The summed E-state index contributed by atoms with van der Waals surface area (Å²) in [6, 6.07) is 3.82. The molecule has 2 amide bonds. The molecule has 2 aromatic rings. The summed E-state index contributed by atoms with van der Waals surface area (Å²) in [4.78, 5) is 56.3. The number of aliphatic hydroxyl groups excluding tert-OH is 1. The van der Waals surface area contributed by atoms with E-state index in [1.165, 1.54) is 16.6 Å². The third-order valence-corrected chi connectivity index (χ3v) is 8.90. The molecule has 2 aromatic heterocycles. The van der Waals surface area contributed by atoms with Crippen molar-refractivity contribution in [2.24, 2.45) is 11.8 Å². The number of nitrogens with zero attached hydrogens (tertiary/aromatic N) is 4. The molecule has 5 atom stereocenters. The van der Waals surface area contributed by atoms with Crippen LogP contribution in [0, 0.1) is 23.2 Å².